The normalized spacial score (nSPS) is 23.1. The molecule has 3 nitrogen and oxygen atoms in total. The predicted octanol–water partition coefficient (Wildman–Crippen LogP) is 1.09. The highest BCUT2D eigenvalue weighted by atomic mass is 15.3. The number of nitriles is 1. The molecule has 0 aliphatic carbocycles. The molecular weight excluding hydrogens is 174 g/mol. The van der Waals surface area contributed by atoms with Gasteiger partial charge in [0.15, 0.2) is 0 Å². The van der Waals surface area contributed by atoms with Crippen LogP contribution in [0.3, 0.4) is 0 Å². The standard InChI is InChI=1S/C11H19N3/c1-10(9-12)8-11(2)14-6-4-13(3)5-7-14/h8,11H,4-7H2,1-3H3/b10-8+. The van der Waals surface area contributed by atoms with Crippen molar-refractivity contribution < 1.29 is 0 Å². The van der Waals surface area contributed by atoms with Gasteiger partial charge in [-0.3, -0.25) is 4.90 Å². The first-order chi connectivity index (χ1) is 6.63. The molecule has 1 fully saturated rings. The number of nitrogens with zero attached hydrogens (tertiary/aromatic N) is 3. The number of allylic oxidation sites excluding steroid dienone is 1. The molecule has 14 heavy (non-hydrogen) atoms. The maximum Gasteiger partial charge on any atom is 0.0941 e. The van der Waals surface area contributed by atoms with Gasteiger partial charge in [0.25, 0.3) is 0 Å². The molecule has 1 aliphatic rings. The summed E-state index contributed by atoms with van der Waals surface area (Å²) in [6.07, 6.45) is 2.05. The summed E-state index contributed by atoms with van der Waals surface area (Å²) in [5.74, 6) is 0. The van der Waals surface area contributed by atoms with E-state index >= 15 is 0 Å². The Labute approximate surface area is 86.6 Å². The Bertz CT molecular complexity index is 244. The monoisotopic (exact) mass is 193 g/mol. The summed E-state index contributed by atoms with van der Waals surface area (Å²) >= 11 is 0. The molecule has 1 aliphatic heterocycles. The zero-order valence-electron chi connectivity index (χ0n) is 9.32. The van der Waals surface area contributed by atoms with Gasteiger partial charge in [-0.05, 0) is 20.9 Å². The molecule has 1 heterocycles. The molecule has 0 aromatic heterocycles. The van der Waals surface area contributed by atoms with Gasteiger partial charge in [0.2, 0.25) is 0 Å². The Balaban J connectivity index is 2.46. The summed E-state index contributed by atoms with van der Waals surface area (Å²) in [5, 5.41) is 8.68. The van der Waals surface area contributed by atoms with Crippen LogP contribution in [0.1, 0.15) is 13.8 Å². The van der Waals surface area contributed by atoms with Gasteiger partial charge < -0.3 is 4.90 Å². The summed E-state index contributed by atoms with van der Waals surface area (Å²) in [4.78, 5) is 4.75. The van der Waals surface area contributed by atoms with E-state index in [-0.39, 0.29) is 0 Å². The van der Waals surface area contributed by atoms with Crippen molar-refractivity contribution in [2.24, 2.45) is 0 Å². The quantitative estimate of drug-likeness (QED) is 0.615. The van der Waals surface area contributed by atoms with Crippen LogP contribution < -0.4 is 0 Å². The molecule has 1 atom stereocenters. The van der Waals surface area contributed by atoms with Crippen molar-refractivity contribution in [3.63, 3.8) is 0 Å². The minimum absolute atomic E-state index is 0.392. The molecule has 0 spiro atoms. The van der Waals surface area contributed by atoms with Crippen molar-refractivity contribution in [3.05, 3.63) is 11.6 Å². The minimum atomic E-state index is 0.392. The summed E-state index contributed by atoms with van der Waals surface area (Å²) in [6.45, 7) is 8.49. The molecule has 1 unspecified atom stereocenters. The Hall–Kier alpha value is -0.850. The van der Waals surface area contributed by atoms with E-state index in [1.807, 2.05) is 13.0 Å². The summed E-state index contributed by atoms with van der Waals surface area (Å²) < 4.78 is 0. The van der Waals surface area contributed by atoms with E-state index in [0.29, 0.717) is 6.04 Å². The van der Waals surface area contributed by atoms with Crippen molar-refractivity contribution in [2.75, 3.05) is 33.2 Å². The fourth-order valence-electron chi connectivity index (χ4n) is 1.73. The molecule has 0 radical (unpaired) electrons. The van der Waals surface area contributed by atoms with Gasteiger partial charge in [-0.15, -0.1) is 0 Å². The highest BCUT2D eigenvalue weighted by molar-refractivity contribution is 5.19. The second-order valence-corrected chi connectivity index (χ2v) is 4.04. The second kappa shape index (κ2) is 5.14. The van der Waals surface area contributed by atoms with Crippen LogP contribution in [-0.2, 0) is 0 Å². The van der Waals surface area contributed by atoms with Crippen molar-refractivity contribution in [3.8, 4) is 6.07 Å². The van der Waals surface area contributed by atoms with Gasteiger partial charge in [0.05, 0.1) is 6.07 Å². The topological polar surface area (TPSA) is 30.3 Å². The zero-order valence-corrected chi connectivity index (χ0v) is 9.32. The van der Waals surface area contributed by atoms with Gasteiger partial charge in [-0.1, -0.05) is 6.08 Å². The predicted molar refractivity (Wildman–Crippen MR) is 57.9 cm³/mol. The Morgan fingerprint density at radius 1 is 1.36 bits per heavy atom. The van der Waals surface area contributed by atoms with E-state index < -0.39 is 0 Å². The number of hydrogen-bond acceptors (Lipinski definition) is 3. The molecule has 0 N–H and O–H groups in total. The lowest BCUT2D eigenvalue weighted by molar-refractivity contribution is 0.136. The van der Waals surface area contributed by atoms with Crippen molar-refractivity contribution >= 4 is 0 Å². The van der Waals surface area contributed by atoms with Gasteiger partial charge >= 0.3 is 0 Å². The van der Waals surface area contributed by atoms with Crippen molar-refractivity contribution in [1.29, 1.82) is 5.26 Å². The van der Waals surface area contributed by atoms with E-state index in [2.05, 4.69) is 29.8 Å². The van der Waals surface area contributed by atoms with Crippen LogP contribution in [0.15, 0.2) is 11.6 Å². The lowest BCUT2D eigenvalue weighted by Gasteiger charge is -2.35. The zero-order chi connectivity index (χ0) is 10.6. The van der Waals surface area contributed by atoms with E-state index in [9.17, 15) is 0 Å². The fraction of sp³-hybridized carbons (Fsp3) is 0.727. The molecule has 3 heteroatoms. The molecular formula is C11H19N3. The van der Waals surface area contributed by atoms with Gasteiger partial charge in [0.1, 0.15) is 0 Å². The molecule has 0 saturated carbocycles. The van der Waals surface area contributed by atoms with Crippen LogP contribution in [0.5, 0.6) is 0 Å². The molecule has 1 rings (SSSR count). The van der Waals surface area contributed by atoms with Crippen LogP contribution in [-0.4, -0.2) is 49.1 Å². The minimum Gasteiger partial charge on any atom is -0.304 e. The SMILES string of the molecule is C/C(C#N)=C\C(C)N1CCN(C)CC1. The third kappa shape index (κ3) is 3.13. The molecule has 0 aromatic rings. The van der Waals surface area contributed by atoms with Crippen LogP contribution >= 0.6 is 0 Å². The number of piperazine rings is 1. The largest absolute Gasteiger partial charge is 0.304 e. The molecule has 0 amide bonds. The Morgan fingerprint density at radius 3 is 2.43 bits per heavy atom. The molecule has 78 valence electrons. The summed E-state index contributed by atoms with van der Waals surface area (Å²) in [7, 11) is 2.15. The van der Waals surface area contributed by atoms with Gasteiger partial charge in [0, 0.05) is 37.8 Å². The second-order valence-electron chi connectivity index (χ2n) is 4.04. The van der Waals surface area contributed by atoms with E-state index in [0.717, 1.165) is 31.8 Å². The number of likely N-dealkylation sites (N-methyl/N-ethyl adjacent to an activating group) is 1. The first-order valence-electron chi connectivity index (χ1n) is 5.14. The first kappa shape index (κ1) is 11.2. The van der Waals surface area contributed by atoms with E-state index in [4.69, 9.17) is 5.26 Å². The van der Waals surface area contributed by atoms with Crippen molar-refractivity contribution in [2.45, 2.75) is 19.9 Å². The Kier molecular flexibility index (Phi) is 4.12. The lowest BCUT2D eigenvalue weighted by atomic mass is 10.1. The molecule has 1 saturated heterocycles. The van der Waals surface area contributed by atoms with Gasteiger partial charge in [-0.25, -0.2) is 0 Å². The summed E-state index contributed by atoms with van der Waals surface area (Å²) in [6, 6.07) is 2.56. The van der Waals surface area contributed by atoms with Crippen LogP contribution in [0.2, 0.25) is 0 Å². The third-order valence-electron chi connectivity index (χ3n) is 2.78. The first-order valence-corrected chi connectivity index (χ1v) is 5.14. The maximum absolute atomic E-state index is 8.68. The van der Waals surface area contributed by atoms with Crippen LogP contribution in [0, 0.1) is 11.3 Å². The molecule has 0 aromatic carbocycles. The fourth-order valence-corrected chi connectivity index (χ4v) is 1.73. The highest BCUT2D eigenvalue weighted by Gasteiger charge is 2.17. The van der Waals surface area contributed by atoms with Crippen LogP contribution in [0.4, 0.5) is 0 Å². The Morgan fingerprint density at radius 2 is 1.93 bits per heavy atom. The smallest absolute Gasteiger partial charge is 0.0941 e. The van der Waals surface area contributed by atoms with Gasteiger partial charge in [-0.2, -0.15) is 5.26 Å². The van der Waals surface area contributed by atoms with E-state index in [1.54, 1.807) is 0 Å². The summed E-state index contributed by atoms with van der Waals surface area (Å²) in [5.41, 5.74) is 0.816. The maximum atomic E-state index is 8.68. The number of hydrogen-bond donors (Lipinski definition) is 0. The van der Waals surface area contributed by atoms with Crippen LogP contribution in [0.25, 0.3) is 0 Å². The number of rotatable bonds is 2. The third-order valence-corrected chi connectivity index (χ3v) is 2.78. The average Bonchev–Trinajstić information content (AvgIpc) is 2.18. The van der Waals surface area contributed by atoms with Crippen molar-refractivity contribution in [1.82, 2.24) is 9.80 Å². The van der Waals surface area contributed by atoms with E-state index in [1.165, 1.54) is 0 Å². The molecule has 0 bridgehead atoms. The highest BCUT2D eigenvalue weighted by Crippen LogP contribution is 2.07. The average molecular weight is 193 g/mol. The lowest BCUT2D eigenvalue weighted by Crippen LogP contribution is -2.47.